The van der Waals surface area contributed by atoms with Gasteiger partial charge in [-0.2, -0.15) is 0 Å². The number of rotatable bonds is 5. The molecule has 1 aliphatic rings. The zero-order chi connectivity index (χ0) is 23.0. The second-order valence-electron chi connectivity index (χ2n) is 8.09. The van der Waals surface area contributed by atoms with Crippen molar-refractivity contribution in [2.24, 2.45) is 0 Å². The van der Waals surface area contributed by atoms with E-state index in [-0.39, 0.29) is 17.6 Å². The molecule has 32 heavy (non-hydrogen) atoms. The number of nitrogens with one attached hydrogen (secondary N) is 2. The van der Waals surface area contributed by atoms with Crippen molar-refractivity contribution in [1.82, 2.24) is 4.98 Å². The number of aromatic amines is 1. The summed E-state index contributed by atoms with van der Waals surface area (Å²) in [7, 11) is 0. The molecular formula is C25H24ClN3O3. The van der Waals surface area contributed by atoms with E-state index in [1.165, 1.54) is 6.92 Å². The number of ketones is 1. The molecule has 0 atom stereocenters. The molecule has 0 unspecified atom stereocenters. The van der Waals surface area contributed by atoms with Crippen LogP contribution in [0.5, 0.6) is 0 Å². The molecular weight excluding hydrogens is 426 g/mol. The summed E-state index contributed by atoms with van der Waals surface area (Å²) < 4.78 is 0. The van der Waals surface area contributed by atoms with E-state index in [1.807, 2.05) is 36.4 Å². The SMILES string of the molecule is CC(=O)c1c(C)[nH]c(C(=O)Nc2ccc3c(c2)CCC(=O)N3Cc2ccc(Cl)cc2)c1C. The number of aromatic nitrogens is 1. The lowest BCUT2D eigenvalue weighted by Gasteiger charge is -2.30. The maximum atomic E-state index is 12.8. The number of carbonyl (C=O) groups is 3. The van der Waals surface area contributed by atoms with Gasteiger partial charge in [0, 0.05) is 34.1 Å². The first-order valence-electron chi connectivity index (χ1n) is 10.4. The first-order chi connectivity index (χ1) is 15.2. The van der Waals surface area contributed by atoms with Gasteiger partial charge in [0.2, 0.25) is 5.91 Å². The van der Waals surface area contributed by atoms with Crippen LogP contribution in [0, 0.1) is 13.8 Å². The molecule has 0 spiro atoms. The number of Topliss-reactive ketones (excluding diaryl/α,β-unsaturated/α-hetero) is 1. The fourth-order valence-electron chi connectivity index (χ4n) is 4.28. The summed E-state index contributed by atoms with van der Waals surface area (Å²) in [5.74, 6) is -0.309. The van der Waals surface area contributed by atoms with Crippen molar-refractivity contribution in [3.63, 3.8) is 0 Å². The van der Waals surface area contributed by atoms with Crippen molar-refractivity contribution in [3.05, 3.63) is 81.1 Å². The summed E-state index contributed by atoms with van der Waals surface area (Å²) >= 11 is 5.97. The Morgan fingerprint density at radius 2 is 1.81 bits per heavy atom. The first-order valence-corrected chi connectivity index (χ1v) is 10.8. The standard InChI is InChI=1S/C25H24ClN3O3/c1-14-23(16(3)30)15(2)27-24(14)25(32)28-20-9-10-21-18(12-20)6-11-22(31)29(21)13-17-4-7-19(26)8-5-17/h4-5,7-10,12,27H,6,11,13H2,1-3H3,(H,28,32). The number of fused-ring (bicyclic) bond motifs is 1. The van der Waals surface area contributed by atoms with E-state index in [4.69, 9.17) is 11.6 Å². The number of halogens is 1. The van der Waals surface area contributed by atoms with Gasteiger partial charge >= 0.3 is 0 Å². The Morgan fingerprint density at radius 3 is 2.47 bits per heavy atom. The van der Waals surface area contributed by atoms with Gasteiger partial charge in [-0.3, -0.25) is 14.4 Å². The zero-order valence-electron chi connectivity index (χ0n) is 18.2. The number of carbonyl (C=O) groups excluding carboxylic acids is 3. The molecule has 0 saturated heterocycles. The molecule has 7 heteroatoms. The minimum absolute atomic E-state index is 0.0680. The van der Waals surface area contributed by atoms with Gasteiger partial charge in [-0.1, -0.05) is 23.7 Å². The molecule has 0 aliphatic carbocycles. The smallest absolute Gasteiger partial charge is 0.272 e. The van der Waals surface area contributed by atoms with Crippen LogP contribution in [0.1, 0.15) is 56.6 Å². The highest BCUT2D eigenvalue weighted by Crippen LogP contribution is 2.32. The van der Waals surface area contributed by atoms with Gasteiger partial charge in [0.15, 0.2) is 5.78 Å². The number of H-pyrrole nitrogens is 1. The molecule has 2 aromatic carbocycles. The predicted octanol–water partition coefficient (Wildman–Crippen LogP) is 5.22. The summed E-state index contributed by atoms with van der Waals surface area (Å²) in [6.07, 6.45) is 1.03. The second-order valence-corrected chi connectivity index (χ2v) is 8.52. The third-order valence-corrected chi connectivity index (χ3v) is 6.06. The Bertz CT molecular complexity index is 1230. The maximum Gasteiger partial charge on any atom is 0.272 e. The molecule has 0 saturated carbocycles. The number of nitrogens with zero attached hydrogens (tertiary/aromatic N) is 1. The number of amides is 2. The van der Waals surface area contributed by atoms with Gasteiger partial charge < -0.3 is 15.2 Å². The molecule has 6 nitrogen and oxygen atoms in total. The minimum atomic E-state index is -0.303. The van der Waals surface area contributed by atoms with Gasteiger partial charge in [-0.05, 0) is 74.2 Å². The van der Waals surface area contributed by atoms with Crippen LogP contribution in [0.3, 0.4) is 0 Å². The van der Waals surface area contributed by atoms with Gasteiger partial charge in [-0.25, -0.2) is 0 Å². The van der Waals surface area contributed by atoms with Gasteiger partial charge in [-0.15, -0.1) is 0 Å². The molecule has 1 aliphatic heterocycles. The van der Waals surface area contributed by atoms with Crippen molar-refractivity contribution in [2.45, 2.75) is 40.2 Å². The number of hydrogen-bond acceptors (Lipinski definition) is 3. The Hall–Kier alpha value is -3.38. The molecule has 2 amide bonds. The first kappa shape index (κ1) is 21.8. The van der Waals surface area contributed by atoms with E-state index < -0.39 is 0 Å². The highest BCUT2D eigenvalue weighted by atomic mass is 35.5. The van der Waals surface area contributed by atoms with Crippen LogP contribution < -0.4 is 10.2 Å². The quantitative estimate of drug-likeness (QED) is 0.524. The fraction of sp³-hybridized carbons (Fsp3) is 0.240. The molecule has 164 valence electrons. The molecule has 1 aromatic heterocycles. The van der Waals surface area contributed by atoms with Gasteiger partial charge in [0.1, 0.15) is 5.69 Å². The van der Waals surface area contributed by atoms with Crippen LogP contribution in [0.4, 0.5) is 11.4 Å². The minimum Gasteiger partial charge on any atom is -0.354 e. The zero-order valence-corrected chi connectivity index (χ0v) is 19.0. The van der Waals surface area contributed by atoms with E-state index in [2.05, 4.69) is 10.3 Å². The van der Waals surface area contributed by atoms with E-state index in [9.17, 15) is 14.4 Å². The summed E-state index contributed by atoms with van der Waals surface area (Å²) in [5, 5.41) is 3.57. The van der Waals surface area contributed by atoms with Crippen molar-refractivity contribution in [1.29, 1.82) is 0 Å². The van der Waals surface area contributed by atoms with Crippen LogP contribution >= 0.6 is 11.6 Å². The van der Waals surface area contributed by atoms with Crippen molar-refractivity contribution in [2.75, 3.05) is 10.2 Å². The topological polar surface area (TPSA) is 82.3 Å². The largest absolute Gasteiger partial charge is 0.354 e. The summed E-state index contributed by atoms with van der Waals surface area (Å²) in [6, 6.07) is 13.0. The average Bonchev–Trinajstić information content (AvgIpc) is 3.06. The maximum absolute atomic E-state index is 12.8. The van der Waals surface area contributed by atoms with Crippen LogP contribution in [-0.2, 0) is 17.8 Å². The van der Waals surface area contributed by atoms with E-state index >= 15 is 0 Å². The molecule has 0 radical (unpaired) electrons. The molecule has 3 aromatic rings. The lowest BCUT2D eigenvalue weighted by molar-refractivity contribution is -0.119. The van der Waals surface area contributed by atoms with Crippen molar-refractivity contribution >= 4 is 40.6 Å². The molecule has 2 N–H and O–H groups in total. The molecule has 0 fully saturated rings. The Balaban J connectivity index is 1.57. The fourth-order valence-corrected chi connectivity index (χ4v) is 4.41. The van der Waals surface area contributed by atoms with Crippen LogP contribution in [0.25, 0.3) is 0 Å². The third kappa shape index (κ3) is 4.18. The Labute approximate surface area is 191 Å². The summed E-state index contributed by atoms with van der Waals surface area (Å²) in [5.41, 5.74) is 5.74. The number of aryl methyl sites for hydroxylation is 2. The Kier molecular flexibility index (Phi) is 5.89. The van der Waals surface area contributed by atoms with Crippen molar-refractivity contribution < 1.29 is 14.4 Å². The summed E-state index contributed by atoms with van der Waals surface area (Å²) in [6.45, 7) is 5.50. The number of benzene rings is 2. The average molecular weight is 450 g/mol. The molecule has 4 rings (SSSR count). The van der Waals surface area contributed by atoms with Crippen LogP contribution in [-0.4, -0.2) is 22.6 Å². The van der Waals surface area contributed by atoms with Gasteiger partial charge in [0.25, 0.3) is 5.91 Å². The van der Waals surface area contributed by atoms with Gasteiger partial charge in [0.05, 0.1) is 6.54 Å². The van der Waals surface area contributed by atoms with E-state index in [0.29, 0.717) is 52.6 Å². The van der Waals surface area contributed by atoms with E-state index in [1.54, 1.807) is 24.8 Å². The predicted molar refractivity (Wildman–Crippen MR) is 126 cm³/mol. The highest BCUT2D eigenvalue weighted by Gasteiger charge is 2.25. The number of anilines is 2. The molecule has 0 bridgehead atoms. The number of hydrogen-bond donors (Lipinski definition) is 2. The van der Waals surface area contributed by atoms with Crippen LogP contribution in [0.2, 0.25) is 5.02 Å². The highest BCUT2D eigenvalue weighted by molar-refractivity contribution is 6.30. The third-order valence-electron chi connectivity index (χ3n) is 5.81. The van der Waals surface area contributed by atoms with Crippen molar-refractivity contribution in [3.8, 4) is 0 Å². The van der Waals surface area contributed by atoms with E-state index in [0.717, 1.165) is 16.8 Å². The lowest BCUT2D eigenvalue weighted by atomic mass is 9.99. The summed E-state index contributed by atoms with van der Waals surface area (Å²) in [4.78, 5) is 42.1. The normalized spacial score (nSPS) is 13.1. The second kappa shape index (κ2) is 8.63. The Morgan fingerprint density at radius 1 is 1.09 bits per heavy atom. The van der Waals surface area contributed by atoms with Crippen LogP contribution in [0.15, 0.2) is 42.5 Å². The lowest BCUT2D eigenvalue weighted by Crippen LogP contribution is -2.34. The monoisotopic (exact) mass is 449 g/mol. The molecule has 2 heterocycles.